The number of hydrogen-bond donors (Lipinski definition) is 2. The quantitative estimate of drug-likeness (QED) is 0.893. The minimum absolute atomic E-state index is 0.00450. The fourth-order valence-electron chi connectivity index (χ4n) is 3.41. The molecule has 2 N–H and O–H groups in total. The zero-order valence-electron chi connectivity index (χ0n) is 13.0. The van der Waals surface area contributed by atoms with Crippen LogP contribution in [0.1, 0.15) is 30.7 Å². The van der Waals surface area contributed by atoms with Gasteiger partial charge >= 0.3 is 0 Å². The summed E-state index contributed by atoms with van der Waals surface area (Å²) < 4.78 is 32.0. The van der Waals surface area contributed by atoms with Crippen LogP contribution < -0.4 is 10.6 Å². The van der Waals surface area contributed by atoms with Gasteiger partial charge in [0.2, 0.25) is 5.91 Å². The second-order valence-corrected chi connectivity index (χ2v) is 6.27. The van der Waals surface area contributed by atoms with Crippen LogP contribution >= 0.6 is 0 Å². The monoisotopic (exact) mass is 324 g/mol. The minimum Gasteiger partial charge on any atom is -0.381 e. The van der Waals surface area contributed by atoms with Gasteiger partial charge in [-0.15, -0.1) is 0 Å². The number of nitrogens with one attached hydrogen (secondary N) is 2. The second-order valence-electron chi connectivity index (χ2n) is 6.27. The maximum Gasteiger partial charge on any atom is 0.223 e. The summed E-state index contributed by atoms with van der Waals surface area (Å²) in [5.41, 5.74) is 0.739. The van der Waals surface area contributed by atoms with E-state index in [0.29, 0.717) is 19.8 Å². The molecule has 0 aromatic heterocycles. The fraction of sp³-hybridized carbons (Fsp3) is 0.588. The molecule has 1 aromatic carbocycles. The molecule has 0 spiro atoms. The number of benzene rings is 1. The Bertz CT molecular complexity index is 562. The van der Waals surface area contributed by atoms with Gasteiger partial charge in [0.05, 0.1) is 0 Å². The Labute approximate surface area is 134 Å². The normalized spacial score (nSPS) is 26.0. The van der Waals surface area contributed by atoms with Crippen molar-refractivity contribution in [1.82, 2.24) is 10.6 Å². The molecule has 1 amide bonds. The summed E-state index contributed by atoms with van der Waals surface area (Å²) in [7, 11) is 0. The van der Waals surface area contributed by atoms with Gasteiger partial charge in [0.25, 0.3) is 0 Å². The molecule has 1 aromatic rings. The maximum absolute atomic E-state index is 13.5. The van der Waals surface area contributed by atoms with Crippen molar-refractivity contribution in [3.8, 4) is 0 Å². The van der Waals surface area contributed by atoms with Crippen LogP contribution in [0.4, 0.5) is 8.78 Å². The van der Waals surface area contributed by atoms with Crippen molar-refractivity contribution in [2.24, 2.45) is 5.92 Å². The molecule has 0 radical (unpaired) electrons. The van der Waals surface area contributed by atoms with Crippen LogP contribution in [0.2, 0.25) is 0 Å². The van der Waals surface area contributed by atoms with E-state index in [4.69, 9.17) is 4.74 Å². The largest absolute Gasteiger partial charge is 0.381 e. The molecule has 0 aliphatic carbocycles. The topological polar surface area (TPSA) is 50.4 Å². The van der Waals surface area contributed by atoms with Gasteiger partial charge in [-0.25, -0.2) is 8.78 Å². The molecule has 2 atom stereocenters. The lowest BCUT2D eigenvalue weighted by atomic mass is 9.85. The average Bonchev–Trinajstić information content (AvgIpc) is 2.59. The molecule has 2 saturated heterocycles. The zero-order valence-corrected chi connectivity index (χ0v) is 13.0. The second kappa shape index (κ2) is 7.36. The van der Waals surface area contributed by atoms with Crippen LogP contribution in [0, 0.1) is 17.6 Å². The number of carbonyl (C=O) groups is 1. The number of amides is 1. The minimum atomic E-state index is -0.842. The molecular weight excluding hydrogens is 302 g/mol. The van der Waals surface area contributed by atoms with Crippen molar-refractivity contribution < 1.29 is 18.3 Å². The summed E-state index contributed by atoms with van der Waals surface area (Å²) in [6.07, 6.45) is 2.26. The van der Waals surface area contributed by atoms with E-state index in [9.17, 15) is 13.6 Å². The van der Waals surface area contributed by atoms with Crippen LogP contribution in [-0.2, 0) is 9.53 Å². The van der Waals surface area contributed by atoms with Crippen molar-refractivity contribution in [2.45, 2.75) is 31.2 Å². The van der Waals surface area contributed by atoms with Crippen LogP contribution in [0.3, 0.4) is 0 Å². The highest BCUT2D eigenvalue weighted by molar-refractivity contribution is 5.79. The predicted molar refractivity (Wildman–Crippen MR) is 82.1 cm³/mol. The van der Waals surface area contributed by atoms with Crippen LogP contribution in [0.15, 0.2) is 18.2 Å². The summed E-state index contributed by atoms with van der Waals surface area (Å²) in [6, 6.07) is 3.91. The molecular formula is C17H22F2N2O2. The highest BCUT2D eigenvalue weighted by atomic mass is 19.2. The first kappa shape index (κ1) is 16.3. The van der Waals surface area contributed by atoms with E-state index in [0.717, 1.165) is 37.4 Å². The standard InChI is InChI=1S/C17H22F2N2O2/c18-14-2-1-12(9-15(14)19)13-3-6-20-10-16(13)21-17(22)11-4-7-23-8-5-11/h1-2,9,11,13,16,20H,3-8,10H2,(H,21,22). The van der Waals surface area contributed by atoms with E-state index in [1.54, 1.807) is 6.07 Å². The SMILES string of the molecule is O=C(NC1CNCCC1c1ccc(F)c(F)c1)C1CCOCC1. The number of ether oxygens (including phenoxy) is 1. The van der Waals surface area contributed by atoms with Crippen molar-refractivity contribution in [3.05, 3.63) is 35.4 Å². The van der Waals surface area contributed by atoms with Gasteiger partial charge in [-0.2, -0.15) is 0 Å². The molecule has 6 heteroatoms. The molecule has 2 fully saturated rings. The van der Waals surface area contributed by atoms with Gasteiger partial charge < -0.3 is 15.4 Å². The predicted octanol–water partition coefficient (Wildman–Crippen LogP) is 1.95. The Morgan fingerprint density at radius 1 is 1.17 bits per heavy atom. The van der Waals surface area contributed by atoms with E-state index < -0.39 is 11.6 Å². The average molecular weight is 324 g/mol. The Morgan fingerprint density at radius 3 is 2.70 bits per heavy atom. The Kier molecular flexibility index (Phi) is 5.23. The Balaban J connectivity index is 1.70. The van der Waals surface area contributed by atoms with E-state index in [-0.39, 0.29) is 23.8 Å². The third-order valence-corrected chi connectivity index (χ3v) is 4.77. The highest BCUT2D eigenvalue weighted by Gasteiger charge is 2.31. The zero-order chi connectivity index (χ0) is 16.2. The van der Waals surface area contributed by atoms with Crippen molar-refractivity contribution >= 4 is 5.91 Å². The van der Waals surface area contributed by atoms with Gasteiger partial charge in [-0.3, -0.25) is 4.79 Å². The molecule has 0 saturated carbocycles. The molecule has 126 valence electrons. The first-order valence-electron chi connectivity index (χ1n) is 8.19. The van der Waals surface area contributed by atoms with E-state index >= 15 is 0 Å². The third kappa shape index (κ3) is 3.87. The van der Waals surface area contributed by atoms with Gasteiger partial charge in [-0.05, 0) is 43.5 Å². The van der Waals surface area contributed by atoms with Crippen molar-refractivity contribution in [1.29, 1.82) is 0 Å². The number of carbonyl (C=O) groups excluding carboxylic acids is 1. The first-order chi connectivity index (χ1) is 11.1. The Hall–Kier alpha value is -1.53. The van der Waals surface area contributed by atoms with Crippen molar-refractivity contribution in [2.75, 3.05) is 26.3 Å². The highest BCUT2D eigenvalue weighted by Crippen LogP contribution is 2.27. The fourth-order valence-corrected chi connectivity index (χ4v) is 3.41. The molecule has 0 bridgehead atoms. The van der Waals surface area contributed by atoms with Crippen molar-refractivity contribution in [3.63, 3.8) is 0 Å². The molecule has 2 aliphatic heterocycles. The number of piperidine rings is 1. The summed E-state index contributed by atoms with van der Waals surface area (Å²) in [5.74, 6) is -1.66. The first-order valence-corrected chi connectivity index (χ1v) is 8.19. The van der Waals surface area contributed by atoms with Gasteiger partial charge in [-0.1, -0.05) is 6.07 Å². The van der Waals surface area contributed by atoms with E-state index in [2.05, 4.69) is 10.6 Å². The lowest BCUT2D eigenvalue weighted by Crippen LogP contribution is -2.51. The van der Waals surface area contributed by atoms with Crippen LogP contribution in [0.5, 0.6) is 0 Å². The summed E-state index contributed by atoms with van der Waals surface area (Å²) in [4.78, 5) is 12.4. The van der Waals surface area contributed by atoms with Crippen LogP contribution in [0.25, 0.3) is 0 Å². The van der Waals surface area contributed by atoms with Gasteiger partial charge in [0, 0.05) is 37.6 Å². The third-order valence-electron chi connectivity index (χ3n) is 4.77. The molecule has 2 aliphatic rings. The Morgan fingerprint density at radius 2 is 1.96 bits per heavy atom. The van der Waals surface area contributed by atoms with E-state index in [1.807, 2.05) is 0 Å². The maximum atomic E-state index is 13.5. The smallest absolute Gasteiger partial charge is 0.223 e. The molecule has 2 unspecified atom stereocenters. The summed E-state index contributed by atoms with van der Waals surface area (Å²) in [6.45, 7) is 2.67. The molecule has 2 heterocycles. The number of rotatable bonds is 3. The molecule has 23 heavy (non-hydrogen) atoms. The molecule has 3 rings (SSSR count). The van der Waals surface area contributed by atoms with Crippen LogP contribution in [-0.4, -0.2) is 38.3 Å². The van der Waals surface area contributed by atoms with Gasteiger partial charge in [0.1, 0.15) is 0 Å². The molecule has 4 nitrogen and oxygen atoms in total. The number of halogens is 2. The number of hydrogen-bond acceptors (Lipinski definition) is 3. The summed E-state index contributed by atoms with van der Waals surface area (Å²) >= 11 is 0. The summed E-state index contributed by atoms with van der Waals surface area (Å²) in [5, 5.41) is 6.36. The lowest BCUT2D eigenvalue weighted by Gasteiger charge is -2.34. The lowest BCUT2D eigenvalue weighted by molar-refractivity contribution is -0.128. The van der Waals surface area contributed by atoms with Gasteiger partial charge in [0.15, 0.2) is 11.6 Å². The van der Waals surface area contributed by atoms with E-state index in [1.165, 1.54) is 6.07 Å².